The van der Waals surface area contributed by atoms with Gasteiger partial charge in [0.15, 0.2) is 0 Å². The van der Waals surface area contributed by atoms with Gasteiger partial charge >= 0.3 is 0 Å². The molecule has 29 heavy (non-hydrogen) atoms. The Morgan fingerprint density at radius 1 is 0.931 bits per heavy atom. The molecule has 0 heterocycles. The van der Waals surface area contributed by atoms with Crippen molar-refractivity contribution in [3.05, 3.63) is 95.8 Å². The molecule has 6 heteroatoms. The smallest absolute Gasteiger partial charge is 0.253 e. The summed E-state index contributed by atoms with van der Waals surface area (Å²) in [7, 11) is 1.74. The number of carbonyl (C=O) groups excluding carboxylic acids is 2. The van der Waals surface area contributed by atoms with Crippen molar-refractivity contribution in [2.24, 2.45) is 0 Å². The van der Waals surface area contributed by atoms with E-state index in [1.807, 2.05) is 30.3 Å². The van der Waals surface area contributed by atoms with Crippen LogP contribution >= 0.6 is 0 Å². The van der Waals surface area contributed by atoms with Crippen molar-refractivity contribution in [2.45, 2.75) is 6.54 Å². The number of anilines is 2. The van der Waals surface area contributed by atoms with E-state index in [9.17, 15) is 14.0 Å². The normalized spacial score (nSPS) is 10.3. The van der Waals surface area contributed by atoms with Gasteiger partial charge in [0.1, 0.15) is 5.82 Å². The fourth-order valence-corrected chi connectivity index (χ4v) is 2.86. The van der Waals surface area contributed by atoms with Crippen molar-refractivity contribution < 1.29 is 14.0 Å². The molecular formula is C23H22FN3O2. The van der Waals surface area contributed by atoms with Crippen molar-refractivity contribution in [3.8, 4) is 0 Å². The molecule has 0 fully saturated rings. The van der Waals surface area contributed by atoms with Gasteiger partial charge < -0.3 is 15.5 Å². The van der Waals surface area contributed by atoms with Crippen molar-refractivity contribution in [1.29, 1.82) is 0 Å². The monoisotopic (exact) mass is 391 g/mol. The van der Waals surface area contributed by atoms with Crippen molar-refractivity contribution >= 4 is 23.2 Å². The van der Waals surface area contributed by atoms with E-state index in [0.717, 1.165) is 5.56 Å². The number of hydrogen-bond acceptors (Lipinski definition) is 3. The summed E-state index contributed by atoms with van der Waals surface area (Å²) in [5.41, 5.74) is 2.27. The highest BCUT2D eigenvalue weighted by Crippen LogP contribution is 2.15. The summed E-state index contributed by atoms with van der Waals surface area (Å²) in [6.45, 7) is 0.399. The van der Waals surface area contributed by atoms with E-state index in [-0.39, 0.29) is 24.0 Å². The number of amides is 2. The lowest BCUT2D eigenvalue weighted by molar-refractivity contribution is -0.114. The number of nitrogens with zero attached hydrogens (tertiary/aromatic N) is 1. The van der Waals surface area contributed by atoms with Crippen molar-refractivity contribution in [3.63, 3.8) is 0 Å². The average Bonchev–Trinajstić information content (AvgIpc) is 2.73. The second kappa shape index (κ2) is 9.50. The molecule has 0 unspecified atom stereocenters. The Balaban J connectivity index is 1.59. The van der Waals surface area contributed by atoms with Crippen LogP contribution in [0, 0.1) is 5.82 Å². The van der Waals surface area contributed by atoms with Gasteiger partial charge in [-0.3, -0.25) is 9.59 Å². The van der Waals surface area contributed by atoms with E-state index >= 15 is 0 Å². The fraction of sp³-hybridized carbons (Fsp3) is 0.130. The van der Waals surface area contributed by atoms with Crippen LogP contribution in [-0.4, -0.2) is 30.3 Å². The summed E-state index contributed by atoms with van der Waals surface area (Å²) >= 11 is 0. The van der Waals surface area contributed by atoms with Crippen LogP contribution in [0.15, 0.2) is 78.9 Å². The van der Waals surface area contributed by atoms with Gasteiger partial charge in [0, 0.05) is 24.8 Å². The average molecular weight is 391 g/mol. The number of benzene rings is 3. The first-order valence-electron chi connectivity index (χ1n) is 9.20. The molecule has 0 saturated heterocycles. The summed E-state index contributed by atoms with van der Waals surface area (Å²) < 4.78 is 13.6. The van der Waals surface area contributed by atoms with E-state index < -0.39 is 5.82 Å². The van der Waals surface area contributed by atoms with Gasteiger partial charge in [-0.25, -0.2) is 4.39 Å². The first kappa shape index (κ1) is 20.1. The molecule has 2 N–H and O–H groups in total. The first-order valence-corrected chi connectivity index (χ1v) is 9.20. The Morgan fingerprint density at radius 3 is 2.41 bits per heavy atom. The second-order valence-corrected chi connectivity index (χ2v) is 6.61. The lowest BCUT2D eigenvalue weighted by Gasteiger charge is -2.18. The van der Waals surface area contributed by atoms with Crippen LogP contribution in [0.1, 0.15) is 15.9 Å². The predicted molar refractivity (Wildman–Crippen MR) is 112 cm³/mol. The summed E-state index contributed by atoms with van der Waals surface area (Å²) in [5, 5.41) is 5.47. The minimum Gasteiger partial charge on any atom is -0.374 e. The lowest BCUT2D eigenvalue weighted by Crippen LogP contribution is -2.26. The zero-order valence-corrected chi connectivity index (χ0v) is 16.1. The summed E-state index contributed by atoms with van der Waals surface area (Å²) in [4.78, 5) is 26.5. The molecule has 0 aromatic heterocycles. The maximum absolute atomic E-state index is 13.6. The molecule has 0 atom stereocenters. The van der Waals surface area contributed by atoms with Crippen LogP contribution in [0.4, 0.5) is 15.8 Å². The van der Waals surface area contributed by atoms with Gasteiger partial charge in [-0.05, 0) is 35.9 Å². The van der Waals surface area contributed by atoms with Crippen molar-refractivity contribution in [1.82, 2.24) is 4.90 Å². The maximum Gasteiger partial charge on any atom is 0.253 e. The van der Waals surface area contributed by atoms with Crippen LogP contribution in [0.25, 0.3) is 0 Å². The third-order valence-corrected chi connectivity index (χ3v) is 4.32. The van der Waals surface area contributed by atoms with Gasteiger partial charge in [0.2, 0.25) is 5.91 Å². The number of para-hydroxylation sites is 1. The summed E-state index contributed by atoms with van der Waals surface area (Å²) in [6.07, 6.45) is 0. The van der Waals surface area contributed by atoms with Crippen LogP contribution in [0.3, 0.4) is 0 Å². The Hall–Kier alpha value is -3.67. The maximum atomic E-state index is 13.6. The van der Waals surface area contributed by atoms with Crippen LogP contribution < -0.4 is 10.6 Å². The number of carbonyl (C=O) groups is 2. The molecule has 0 spiro atoms. The van der Waals surface area contributed by atoms with Gasteiger partial charge in [0.25, 0.3) is 5.91 Å². The molecule has 148 valence electrons. The highest BCUT2D eigenvalue weighted by atomic mass is 19.1. The summed E-state index contributed by atoms with van der Waals surface area (Å²) in [6, 6.07) is 22.6. The fourth-order valence-electron chi connectivity index (χ4n) is 2.86. The van der Waals surface area contributed by atoms with Crippen LogP contribution in [0.2, 0.25) is 0 Å². The van der Waals surface area contributed by atoms with E-state index in [2.05, 4.69) is 10.6 Å². The van der Waals surface area contributed by atoms with E-state index in [0.29, 0.717) is 17.8 Å². The zero-order valence-electron chi connectivity index (χ0n) is 16.1. The summed E-state index contributed by atoms with van der Waals surface area (Å²) in [5.74, 6) is -0.903. The van der Waals surface area contributed by atoms with E-state index in [1.54, 1.807) is 54.4 Å². The largest absolute Gasteiger partial charge is 0.374 e. The highest BCUT2D eigenvalue weighted by molar-refractivity contribution is 5.98. The topological polar surface area (TPSA) is 61.4 Å². The quantitative estimate of drug-likeness (QED) is 0.636. The Kier molecular flexibility index (Phi) is 6.58. The van der Waals surface area contributed by atoms with Crippen LogP contribution in [0.5, 0.6) is 0 Å². The minimum absolute atomic E-state index is 0.0903. The van der Waals surface area contributed by atoms with Crippen LogP contribution in [-0.2, 0) is 11.3 Å². The van der Waals surface area contributed by atoms with Gasteiger partial charge in [-0.2, -0.15) is 0 Å². The molecule has 0 saturated carbocycles. The molecule has 2 amide bonds. The standard InChI is InChI=1S/C23H22FN3O2/c1-27(16-17-8-3-2-4-9-17)23(29)18-10-7-11-19(14-18)26-22(28)15-25-21-13-6-5-12-20(21)24/h2-14,25H,15-16H2,1H3,(H,26,28). The molecule has 0 aliphatic heterocycles. The Morgan fingerprint density at radius 2 is 1.66 bits per heavy atom. The number of nitrogens with one attached hydrogen (secondary N) is 2. The number of rotatable bonds is 7. The molecule has 3 aromatic rings. The Bertz CT molecular complexity index is 992. The third-order valence-electron chi connectivity index (χ3n) is 4.32. The zero-order chi connectivity index (χ0) is 20.6. The van der Waals surface area contributed by atoms with E-state index in [4.69, 9.17) is 0 Å². The molecule has 0 aliphatic rings. The van der Waals surface area contributed by atoms with E-state index in [1.165, 1.54) is 6.07 Å². The predicted octanol–water partition coefficient (Wildman–Crippen LogP) is 4.15. The minimum atomic E-state index is -0.422. The SMILES string of the molecule is CN(Cc1ccccc1)C(=O)c1cccc(NC(=O)CNc2ccccc2F)c1. The molecule has 0 aliphatic carbocycles. The number of halogens is 1. The molecule has 0 bridgehead atoms. The lowest BCUT2D eigenvalue weighted by atomic mass is 10.1. The molecule has 3 aromatic carbocycles. The molecular weight excluding hydrogens is 369 g/mol. The molecule has 3 rings (SSSR count). The van der Waals surface area contributed by atoms with Gasteiger partial charge in [0.05, 0.1) is 12.2 Å². The third kappa shape index (κ3) is 5.65. The van der Waals surface area contributed by atoms with Gasteiger partial charge in [-0.15, -0.1) is 0 Å². The van der Waals surface area contributed by atoms with Crippen molar-refractivity contribution in [2.75, 3.05) is 24.2 Å². The first-order chi connectivity index (χ1) is 14.0. The number of hydrogen-bond donors (Lipinski definition) is 2. The Labute approximate surface area is 169 Å². The molecule has 5 nitrogen and oxygen atoms in total. The second-order valence-electron chi connectivity index (χ2n) is 6.61. The highest BCUT2D eigenvalue weighted by Gasteiger charge is 2.13. The molecule has 0 radical (unpaired) electrons. The van der Waals surface area contributed by atoms with Gasteiger partial charge in [-0.1, -0.05) is 48.5 Å².